The Morgan fingerprint density at radius 1 is 1.35 bits per heavy atom. The van der Waals surface area contributed by atoms with Gasteiger partial charge in [0, 0.05) is 31.2 Å². The number of hydrogen-bond donors (Lipinski definition) is 2. The number of halogens is 1. The summed E-state index contributed by atoms with van der Waals surface area (Å²) in [5, 5.41) is 7.11. The van der Waals surface area contributed by atoms with Gasteiger partial charge < -0.3 is 15.4 Å². The number of carbonyl (C=O) groups is 1. The third-order valence-electron chi connectivity index (χ3n) is 4.64. The van der Waals surface area contributed by atoms with E-state index in [4.69, 9.17) is 16.3 Å². The summed E-state index contributed by atoms with van der Waals surface area (Å²) in [6, 6.07) is 8.08. The van der Waals surface area contributed by atoms with Crippen molar-refractivity contribution in [1.29, 1.82) is 0 Å². The van der Waals surface area contributed by atoms with Crippen molar-refractivity contribution in [3.63, 3.8) is 0 Å². The van der Waals surface area contributed by atoms with E-state index in [1.165, 1.54) is 5.56 Å². The molecule has 0 bridgehead atoms. The van der Waals surface area contributed by atoms with Crippen LogP contribution in [-0.2, 0) is 9.53 Å². The van der Waals surface area contributed by atoms with Gasteiger partial charge in [-0.15, -0.1) is 0 Å². The van der Waals surface area contributed by atoms with E-state index in [2.05, 4.69) is 15.5 Å². The summed E-state index contributed by atoms with van der Waals surface area (Å²) in [6.07, 6.45) is 0.926. The zero-order chi connectivity index (χ0) is 16.1. The van der Waals surface area contributed by atoms with Crippen molar-refractivity contribution in [2.75, 3.05) is 45.9 Å². The highest BCUT2D eigenvalue weighted by Crippen LogP contribution is 2.23. The molecule has 0 saturated carbocycles. The van der Waals surface area contributed by atoms with E-state index in [0.717, 1.165) is 50.8 Å². The molecule has 1 aromatic carbocycles. The fraction of sp³-hybridized carbons (Fsp3) is 0.588. The molecular weight excluding hydrogens is 314 g/mol. The SMILES string of the molecule is O=C(NCC(c1ccc(Cl)cc1)N1CCOCC1)C1CCNC1. The average Bonchev–Trinajstić information content (AvgIpc) is 3.12. The van der Waals surface area contributed by atoms with Crippen LogP contribution in [0.15, 0.2) is 24.3 Å². The van der Waals surface area contributed by atoms with Crippen LogP contribution in [0.4, 0.5) is 0 Å². The predicted octanol–water partition coefficient (Wildman–Crippen LogP) is 1.44. The molecule has 126 valence electrons. The number of hydrogen-bond acceptors (Lipinski definition) is 4. The molecule has 23 heavy (non-hydrogen) atoms. The molecule has 0 radical (unpaired) electrons. The van der Waals surface area contributed by atoms with Crippen molar-refractivity contribution in [1.82, 2.24) is 15.5 Å². The first-order valence-electron chi connectivity index (χ1n) is 8.30. The highest BCUT2D eigenvalue weighted by Gasteiger charge is 2.26. The Bertz CT molecular complexity index is 511. The van der Waals surface area contributed by atoms with Crippen molar-refractivity contribution >= 4 is 17.5 Å². The quantitative estimate of drug-likeness (QED) is 0.853. The second-order valence-corrected chi connectivity index (χ2v) is 6.59. The minimum Gasteiger partial charge on any atom is -0.379 e. The van der Waals surface area contributed by atoms with E-state index in [0.29, 0.717) is 6.54 Å². The lowest BCUT2D eigenvalue weighted by Gasteiger charge is -2.35. The third-order valence-corrected chi connectivity index (χ3v) is 4.89. The molecule has 2 N–H and O–H groups in total. The summed E-state index contributed by atoms with van der Waals surface area (Å²) in [6.45, 7) is 5.59. The molecule has 5 nitrogen and oxygen atoms in total. The summed E-state index contributed by atoms with van der Waals surface area (Å²) in [4.78, 5) is 14.7. The molecule has 0 aliphatic carbocycles. The Balaban J connectivity index is 1.66. The monoisotopic (exact) mass is 337 g/mol. The van der Waals surface area contributed by atoms with Crippen LogP contribution in [0.25, 0.3) is 0 Å². The number of ether oxygens (including phenoxy) is 1. The summed E-state index contributed by atoms with van der Waals surface area (Å²) in [5.41, 5.74) is 1.18. The van der Waals surface area contributed by atoms with Crippen molar-refractivity contribution in [3.8, 4) is 0 Å². The number of amides is 1. The zero-order valence-electron chi connectivity index (χ0n) is 13.3. The molecule has 1 aromatic rings. The molecule has 2 unspecified atom stereocenters. The second-order valence-electron chi connectivity index (χ2n) is 6.15. The molecular formula is C17H24ClN3O2. The lowest BCUT2D eigenvalue weighted by atomic mass is 10.0. The standard InChI is InChI=1S/C17H24ClN3O2/c18-15-3-1-13(2-4-15)16(21-7-9-23-10-8-21)12-20-17(22)14-5-6-19-11-14/h1-4,14,16,19H,5-12H2,(H,20,22). The largest absolute Gasteiger partial charge is 0.379 e. The van der Waals surface area contributed by atoms with Gasteiger partial charge in [0.15, 0.2) is 0 Å². The molecule has 2 aliphatic rings. The summed E-state index contributed by atoms with van der Waals surface area (Å²) in [5.74, 6) is 0.257. The molecule has 0 aromatic heterocycles. The van der Waals surface area contributed by atoms with Crippen molar-refractivity contribution in [2.24, 2.45) is 5.92 Å². The van der Waals surface area contributed by atoms with E-state index in [1.54, 1.807) is 0 Å². The maximum absolute atomic E-state index is 12.3. The first kappa shape index (κ1) is 16.7. The molecule has 2 fully saturated rings. The summed E-state index contributed by atoms with van der Waals surface area (Å²) >= 11 is 6.01. The summed E-state index contributed by atoms with van der Waals surface area (Å²) in [7, 11) is 0. The van der Waals surface area contributed by atoms with Gasteiger partial charge in [-0.3, -0.25) is 9.69 Å². The van der Waals surface area contributed by atoms with E-state index in [-0.39, 0.29) is 17.9 Å². The first-order valence-corrected chi connectivity index (χ1v) is 8.67. The maximum Gasteiger partial charge on any atom is 0.224 e. The van der Waals surface area contributed by atoms with E-state index in [9.17, 15) is 4.79 Å². The van der Waals surface area contributed by atoms with Gasteiger partial charge in [0.1, 0.15) is 0 Å². The van der Waals surface area contributed by atoms with Gasteiger partial charge >= 0.3 is 0 Å². The average molecular weight is 338 g/mol. The number of nitrogens with one attached hydrogen (secondary N) is 2. The third kappa shape index (κ3) is 4.44. The number of morpholine rings is 1. The Kier molecular flexibility index (Phi) is 5.89. The van der Waals surface area contributed by atoms with Crippen LogP contribution < -0.4 is 10.6 Å². The Labute approximate surface area is 142 Å². The van der Waals surface area contributed by atoms with Gasteiger partial charge in [0.05, 0.1) is 25.2 Å². The van der Waals surface area contributed by atoms with Gasteiger partial charge in [-0.1, -0.05) is 23.7 Å². The maximum atomic E-state index is 12.3. The molecule has 1 amide bonds. The molecule has 2 atom stereocenters. The molecule has 2 aliphatic heterocycles. The predicted molar refractivity (Wildman–Crippen MR) is 90.6 cm³/mol. The van der Waals surface area contributed by atoms with Gasteiger partial charge in [-0.2, -0.15) is 0 Å². The van der Waals surface area contributed by atoms with Crippen molar-refractivity contribution in [2.45, 2.75) is 12.5 Å². The normalized spacial score (nSPS) is 23.6. The van der Waals surface area contributed by atoms with Gasteiger partial charge in [-0.25, -0.2) is 0 Å². The Hall–Kier alpha value is -1.14. The van der Waals surface area contributed by atoms with Gasteiger partial charge in [-0.05, 0) is 30.7 Å². The van der Waals surface area contributed by atoms with Crippen molar-refractivity contribution < 1.29 is 9.53 Å². The van der Waals surface area contributed by atoms with Crippen LogP contribution in [0.3, 0.4) is 0 Å². The smallest absolute Gasteiger partial charge is 0.224 e. The van der Waals surface area contributed by atoms with E-state index >= 15 is 0 Å². The van der Waals surface area contributed by atoms with Crippen LogP contribution in [0.2, 0.25) is 5.02 Å². The van der Waals surface area contributed by atoms with Crippen LogP contribution in [0.1, 0.15) is 18.0 Å². The lowest BCUT2D eigenvalue weighted by Crippen LogP contribution is -2.44. The molecule has 6 heteroatoms. The Morgan fingerprint density at radius 2 is 2.09 bits per heavy atom. The number of benzene rings is 1. The van der Waals surface area contributed by atoms with Crippen LogP contribution >= 0.6 is 11.6 Å². The molecule has 0 spiro atoms. The highest BCUT2D eigenvalue weighted by atomic mass is 35.5. The van der Waals surface area contributed by atoms with Crippen LogP contribution in [-0.4, -0.2) is 56.7 Å². The van der Waals surface area contributed by atoms with E-state index < -0.39 is 0 Å². The highest BCUT2D eigenvalue weighted by molar-refractivity contribution is 6.30. The van der Waals surface area contributed by atoms with Crippen molar-refractivity contribution in [3.05, 3.63) is 34.9 Å². The Morgan fingerprint density at radius 3 is 2.74 bits per heavy atom. The number of rotatable bonds is 5. The number of carbonyl (C=O) groups excluding carboxylic acids is 1. The first-order chi connectivity index (χ1) is 11.2. The fourth-order valence-electron chi connectivity index (χ4n) is 3.25. The fourth-order valence-corrected chi connectivity index (χ4v) is 3.38. The molecule has 2 heterocycles. The molecule has 2 saturated heterocycles. The van der Waals surface area contributed by atoms with Gasteiger partial charge in [0.2, 0.25) is 5.91 Å². The van der Waals surface area contributed by atoms with Crippen LogP contribution in [0.5, 0.6) is 0 Å². The minimum absolute atomic E-state index is 0.102. The summed E-state index contributed by atoms with van der Waals surface area (Å²) < 4.78 is 5.45. The van der Waals surface area contributed by atoms with Crippen LogP contribution in [0, 0.1) is 5.92 Å². The lowest BCUT2D eigenvalue weighted by molar-refractivity contribution is -0.124. The minimum atomic E-state index is 0.102. The zero-order valence-corrected chi connectivity index (χ0v) is 14.0. The second kappa shape index (κ2) is 8.11. The number of nitrogens with zero attached hydrogens (tertiary/aromatic N) is 1. The van der Waals surface area contributed by atoms with Gasteiger partial charge in [0.25, 0.3) is 0 Å². The van der Waals surface area contributed by atoms with E-state index in [1.807, 2.05) is 24.3 Å². The topological polar surface area (TPSA) is 53.6 Å². The molecule has 3 rings (SSSR count).